The van der Waals surface area contributed by atoms with Crippen molar-refractivity contribution in [3.8, 4) is 11.6 Å². The fourth-order valence-electron chi connectivity index (χ4n) is 4.94. The lowest BCUT2D eigenvalue weighted by Gasteiger charge is -2.30. The van der Waals surface area contributed by atoms with Gasteiger partial charge in [-0.05, 0) is 48.9 Å². The maximum Gasteiger partial charge on any atom is 0.225 e. The van der Waals surface area contributed by atoms with Gasteiger partial charge in [-0.2, -0.15) is 9.50 Å². The van der Waals surface area contributed by atoms with Crippen molar-refractivity contribution >= 4 is 23.6 Å². The number of nitrogens with two attached hydrogens (primary N) is 1. The van der Waals surface area contributed by atoms with E-state index >= 15 is 0 Å². The fraction of sp³-hybridized carbons (Fsp3) is 0.375. The minimum absolute atomic E-state index is 0.205. The van der Waals surface area contributed by atoms with Gasteiger partial charge in [0.1, 0.15) is 5.82 Å². The van der Waals surface area contributed by atoms with Crippen LogP contribution >= 0.6 is 0 Å². The third-order valence-corrected chi connectivity index (χ3v) is 6.68. The molecule has 0 bridgehead atoms. The van der Waals surface area contributed by atoms with Crippen LogP contribution < -0.4 is 11.1 Å². The first-order valence-corrected chi connectivity index (χ1v) is 11.8. The molecule has 6 rings (SSSR count). The molecular weight excluding hydrogens is 430 g/mol. The number of rotatable bonds is 6. The number of nitrogens with one attached hydrogen (secondary N) is 2. The second kappa shape index (κ2) is 8.53. The van der Waals surface area contributed by atoms with Crippen molar-refractivity contribution in [2.45, 2.75) is 38.6 Å². The predicted molar refractivity (Wildman–Crippen MR) is 129 cm³/mol. The Bertz CT molecular complexity index is 1360. The van der Waals surface area contributed by atoms with Gasteiger partial charge in [-0.1, -0.05) is 6.07 Å². The normalized spacial score (nSPS) is 15.8. The molecule has 0 amide bonds. The molecule has 10 heteroatoms. The highest BCUT2D eigenvalue weighted by atomic mass is 16.3. The van der Waals surface area contributed by atoms with Crippen molar-refractivity contribution in [3.05, 3.63) is 52.5 Å². The van der Waals surface area contributed by atoms with Gasteiger partial charge >= 0.3 is 0 Å². The first-order valence-electron chi connectivity index (χ1n) is 11.8. The molecule has 0 fully saturated rings. The summed E-state index contributed by atoms with van der Waals surface area (Å²) >= 11 is 0. The van der Waals surface area contributed by atoms with Gasteiger partial charge in [0, 0.05) is 50.2 Å². The van der Waals surface area contributed by atoms with Gasteiger partial charge < -0.3 is 20.9 Å². The molecule has 1 aliphatic carbocycles. The van der Waals surface area contributed by atoms with Crippen LogP contribution in [-0.4, -0.2) is 55.3 Å². The van der Waals surface area contributed by atoms with E-state index < -0.39 is 0 Å². The average molecular weight is 458 g/mol. The van der Waals surface area contributed by atoms with Crippen LogP contribution in [0.4, 0.5) is 11.8 Å². The molecule has 4 aromatic rings. The first-order chi connectivity index (χ1) is 16.7. The molecule has 1 aliphatic heterocycles. The lowest BCUT2D eigenvalue weighted by Crippen LogP contribution is -2.35. The molecule has 0 atom stereocenters. The van der Waals surface area contributed by atoms with Crippen LogP contribution in [0.2, 0.25) is 0 Å². The number of pyridine rings is 1. The van der Waals surface area contributed by atoms with E-state index in [0.29, 0.717) is 35.2 Å². The lowest BCUT2D eigenvalue weighted by molar-refractivity contribution is 0.261. The topological polar surface area (TPSA) is 134 Å². The monoisotopic (exact) mass is 457 g/mol. The zero-order valence-corrected chi connectivity index (χ0v) is 18.9. The maximum absolute atomic E-state index is 7.94. The van der Waals surface area contributed by atoms with Gasteiger partial charge in [-0.25, -0.2) is 4.98 Å². The Kier molecular flexibility index (Phi) is 5.21. The number of fused-ring (bicyclic) bond motifs is 3. The van der Waals surface area contributed by atoms with Crippen molar-refractivity contribution in [3.63, 3.8) is 0 Å². The van der Waals surface area contributed by atoms with Crippen LogP contribution in [0.3, 0.4) is 0 Å². The molecule has 4 aromatic heterocycles. The van der Waals surface area contributed by atoms with E-state index in [0.717, 1.165) is 38.9 Å². The maximum atomic E-state index is 7.94. The highest BCUT2D eigenvalue weighted by Gasteiger charge is 2.22. The Morgan fingerprint density at radius 3 is 2.85 bits per heavy atom. The van der Waals surface area contributed by atoms with E-state index in [1.54, 1.807) is 18.4 Å². The molecule has 10 nitrogen and oxygen atoms in total. The Morgan fingerprint density at radius 1 is 1.12 bits per heavy atom. The van der Waals surface area contributed by atoms with E-state index in [1.807, 2.05) is 0 Å². The standard InChI is InChI=1S/C24H27N9O/c25-13-17-21(30-24(26)33-23(17)29-22(31-33)20-6-3-11-34-20)27-8-10-32-9-7-19-16(14-32)12-15-4-1-2-5-18(15)28-19/h3,6,11-13,25,27H,1-2,4-5,7-10,14H2,(H2,26,30). The molecule has 0 aromatic carbocycles. The van der Waals surface area contributed by atoms with E-state index in [9.17, 15) is 0 Å². The lowest BCUT2D eigenvalue weighted by atomic mass is 9.92. The smallest absolute Gasteiger partial charge is 0.225 e. The molecule has 0 spiro atoms. The van der Waals surface area contributed by atoms with E-state index in [1.165, 1.54) is 46.1 Å². The van der Waals surface area contributed by atoms with Crippen LogP contribution in [0, 0.1) is 5.41 Å². The van der Waals surface area contributed by atoms with Crippen molar-refractivity contribution in [1.29, 1.82) is 5.41 Å². The second-order valence-corrected chi connectivity index (χ2v) is 8.88. The van der Waals surface area contributed by atoms with Gasteiger partial charge in [0.25, 0.3) is 0 Å². The van der Waals surface area contributed by atoms with Crippen LogP contribution in [0.15, 0.2) is 28.9 Å². The van der Waals surface area contributed by atoms with E-state index in [2.05, 4.69) is 31.3 Å². The van der Waals surface area contributed by atoms with Crippen molar-refractivity contribution in [1.82, 2.24) is 29.5 Å². The highest BCUT2D eigenvalue weighted by molar-refractivity contribution is 5.93. The van der Waals surface area contributed by atoms with Gasteiger partial charge in [0.05, 0.1) is 11.8 Å². The van der Waals surface area contributed by atoms with E-state index in [-0.39, 0.29) is 5.95 Å². The average Bonchev–Trinajstić information content (AvgIpc) is 3.53. The summed E-state index contributed by atoms with van der Waals surface area (Å²) in [6, 6.07) is 5.95. The SMILES string of the molecule is N=Cc1c(NCCN2CCc3nc4c(cc3C2)CCCC4)nc(N)n2nc(-c3ccco3)nc12. The summed E-state index contributed by atoms with van der Waals surface area (Å²) in [4.78, 5) is 16.4. The summed E-state index contributed by atoms with van der Waals surface area (Å²) in [6.45, 7) is 3.44. The zero-order chi connectivity index (χ0) is 23.1. The van der Waals surface area contributed by atoms with Crippen molar-refractivity contribution in [2.75, 3.05) is 30.7 Å². The Labute approximate surface area is 196 Å². The molecule has 0 saturated carbocycles. The third kappa shape index (κ3) is 3.69. The summed E-state index contributed by atoms with van der Waals surface area (Å²) in [6.07, 6.45) is 8.60. The number of nitrogens with zero attached hydrogens (tertiary/aromatic N) is 6. The number of hydrogen-bond acceptors (Lipinski definition) is 9. The predicted octanol–water partition coefficient (Wildman–Crippen LogP) is 2.71. The number of hydrogen-bond donors (Lipinski definition) is 3. The second-order valence-electron chi connectivity index (χ2n) is 8.88. The number of anilines is 2. The molecule has 4 N–H and O–H groups in total. The minimum Gasteiger partial charge on any atom is -0.461 e. The van der Waals surface area contributed by atoms with Crippen LogP contribution in [0.25, 0.3) is 17.2 Å². The molecule has 174 valence electrons. The molecular formula is C24H27N9O. The molecule has 5 heterocycles. The van der Waals surface area contributed by atoms with Gasteiger partial charge in [0.15, 0.2) is 11.4 Å². The summed E-state index contributed by atoms with van der Waals surface area (Å²) in [5, 5.41) is 15.7. The van der Waals surface area contributed by atoms with Gasteiger partial charge in [0.2, 0.25) is 11.8 Å². The zero-order valence-electron chi connectivity index (χ0n) is 18.9. The molecule has 34 heavy (non-hydrogen) atoms. The summed E-state index contributed by atoms with van der Waals surface area (Å²) in [5.41, 5.74) is 12.6. The number of nitrogen functional groups attached to an aromatic ring is 1. The Balaban J connectivity index is 1.17. The molecule has 2 aliphatic rings. The fourth-order valence-corrected chi connectivity index (χ4v) is 4.94. The quantitative estimate of drug-likeness (QED) is 0.376. The van der Waals surface area contributed by atoms with Crippen molar-refractivity contribution < 1.29 is 4.42 Å². The van der Waals surface area contributed by atoms with Gasteiger partial charge in [-0.3, -0.25) is 9.88 Å². The van der Waals surface area contributed by atoms with Gasteiger partial charge in [-0.15, -0.1) is 5.10 Å². The van der Waals surface area contributed by atoms with Crippen molar-refractivity contribution in [2.24, 2.45) is 0 Å². The van der Waals surface area contributed by atoms with Crippen LogP contribution in [0.1, 0.15) is 40.9 Å². The number of aromatic nitrogens is 5. The summed E-state index contributed by atoms with van der Waals surface area (Å²) in [7, 11) is 0. The molecule has 0 saturated heterocycles. The first kappa shape index (κ1) is 20.8. The molecule has 0 unspecified atom stereocenters. The van der Waals surface area contributed by atoms with Crippen LogP contribution in [0.5, 0.6) is 0 Å². The third-order valence-electron chi connectivity index (χ3n) is 6.68. The van der Waals surface area contributed by atoms with E-state index in [4.69, 9.17) is 20.5 Å². The number of furan rings is 1. The number of aryl methyl sites for hydroxylation is 2. The Morgan fingerprint density at radius 2 is 2.00 bits per heavy atom. The Hall–Kier alpha value is -3.79. The summed E-state index contributed by atoms with van der Waals surface area (Å²) < 4.78 is 6.84. The van der Waals surface area contributed by atoms with Crippen LogP contribution in [-0.2, 0) is 25.8 Å². The molecule has 0 radical (unpaired) electrons. The highest BCUT2D eigenvalue weighted by Crippen LogP contribution is 2.26. The largest absolute Gasteiger partial charge is 0.461 e. The minimum atomic E-state index is 0.205. The summed E-state index contributed by atoms with van der Waals surface area (Å²) in [5.74, 6) is 1.68.